The Labute approximate surface area is 175 Å². The molecule has 0 spiro atoms. The van der Waals surface area contributed by atoms with Crippen molar-refractivity contribution in [2.24, 2.45) is 0 Å². The Kier molecular flexibility index (Phi) is 6.58. The Hall–Kier alpha value is -3.80. The van der Waals surface area contributed by atoms with Crippen molar-refractivity contribution in [3.05, 3.63) is 85.2 Å². The minimum atomic E-state index is 0.573. The minimum Gasteiger partial charge on any atom is -0.478 e. The summed E-state index contributed by atoms with van der Waals surface area (Å²) in [5.41, 5.74) is 3.26. The molecule has 0 saturated carbocycles. The lowest BCUT2D eigenvalue weighted by molar-refractivity contribution is 0.257. The zero-order chi connectivity index (χ0) is 20.4. The van der Waals surface area contributed by atoms with Crippen LogP contribution in [0.25, 0.3) is 22.8 Å². The molecule has 6 nitrogen and oxygen atoms in total. The van der Waals surface area contributed by atoms with Gasteiger partial charge in [0.25, 0.3) is 0 Å². The summed E-state index contributed by atoms with van der Waals surface area (Å²) < 4.78 is 11.6. The van der Waals surface area contributed by atoms with Crippen molar-refractivity contribution in [1.82, 2.24) is 19.9 Å². The predicted octanol–water partition coefficient (Wildman–Crippen LogP) is 4.84. The first-order valence-corrected chi connectivity index (χ1v) is 9.91. The summed E-state index contributed by atoms with van der Waals surface area (Å²) in [6, 6.07) is 22.9. The molecular weight excluding hydrogens is 376 g/mol. The quantitative estimate of drug-likeness (QED) is 0.376. The first-order chi connectivity index (χ1) is 14.9. The SMILES string of the molecule is c1ccc(-c2cccc(OCCCCOc3cccc(-c4ccccn4)n3)n2)nc1. The second kappa shape index (κ2) is 10.1. The molecule has 0 aliphatic rings. The maximum Gasteiger partial charge on any atom is 0.213 e. The van der Waals surface area contributed by atoms with Gasteiger partial charge in [-0.25, -0.2) is 9.97 Å². The Morgan fingerprint density at radius 2 is 0.967 bits per heavy atom. The van der Waals surface area contributed by atoms with Crippen LogP contribution in [0.3, 0.4) is 0 Å². The summed E-state index contributed by atoms with van der Waals surface area (Å²) >= 11 is 0. The second-order valence-corrected chi connectivity index (χ2v) is 6.56. The highest BCUT2D eigenvalue weighted by molar-refractivity contribution is 5.54. The van der Waals surface area contributed by atoms with Gasteiger partial charge in [-0.15, -0.1) is 0 Å². The molecule has 150 valence electrons. The van der Waals surface area contributed by atoms with E-state index in [-0.39, 0.29) is 0 Å². The standard InChI is InChI=1S/C24H22N4O2/c1-3-15-25-19(9-1)21-11-7-13-23(27-21)29-17-5-6-18-30-24-14-8-12-22(28-24)20-10-2-4-16-26-20/h1-4,7-16H,5-6,17-18H2. The molecule has 6 heteroatoms. The summed E-state index contributed by atoms with van der Waals surface area (Å²) in [4.78, 5) is 17.7. The largest absolute Gasteiger partial charge is 0.478 e. The number of pyridine rings is 4. The molecule has 0 saturated heterocycles. The molecule has 0 radical (unpaired) electrons. The zero-order valence-electron chi connectivity index (χ0n) is 16.5. The molecule has 0 aliphatic carbocycles. The number of unbranched alkanes of at least 4 members (excludes halogenated alkanes) is 1. The van der Waals surface area contributed by atoms with Crippen molar-refractivity contribution in [3.63, 3.8) is 0 Å². The van der Waals surface area contributed by atoms with E-state index in [1.165, 1.54) is 0 Å². The van der Waals surface area contributed by atoms with Gasteiger partial charge >= 0.3 is 0 Å². The highest BCUT2D eigenvalue weighted by Gasteiger charge is 2.04. The van der Waals surface area contributed by atoms with Crippen molar-refractivity contribution >= 4 is 0 Å². The van der Waals surface area contributed by atoms with E-state index in [9.17, 15) is 0 Å². The lowest BCUT2D eigenvalue weighted by Crippen LogP contribution is -2.04. The van der Waals surface area contributed by atoms with Gasteiger partial charge in [0.05, 0.1) is 36.0 Å². The van der Waals surface area contributed by atoms with Crippen molar-refractivity contribution in [3.8, 4) is 34.5 Å². The van der Waals surface area contributed by atoms with E-state index in [4.69, 9.17) is 9.47 Å². The zero-order valence-corrected chi connectivity index (χ0v) is 16.5. The van der Waals surface area contributed by atoms with E-state index >= 15 is 0 Å². The first kappa shape index (κ1) is 19.5. The van der Waals surface area contributed by atoms with Gasteiger partial charge in [0.2, 0.25) is 11.8 Å². The van der Waals surface area contributed by atoms with Gasteiger partial charge in [0.15, 0.2) is 0 Å². The van der Waals surface area contributed by atoms with E-state index in [0.717, 1.165) is 35.6 Å². The minimum absolute atomic E-state index is 0.573. The number of rotatable bonds is 9. The number of nitrogens with zero attached hydrogens (tertiary/aromatic N) is 4. The van der Waals surface area contributed by atoms with E-state index < -0.39 is 0 Å². The summed E-state index contributed by atoms with van der Waals surface area (Å²) in [6.45, 7) is 1.15. The molecule has 4 aromatic rings. The first-order valence-electron chi connectivity index (χ1n) is 9.91. The van der Waals surface area contributed by atoms with E-state index in [0.29, 0.717) is 25.0 Å². The molecule has 30 heavy (non-hydrogen) atoms. The fourth-order valence-corrected chi connectivity index (χ4v) is 2.86. The lowest BCUT2D eigenvalue weighted by atomic mass is 10.2. The molecule has 4 rings (SSSR count). The van der Waals surface area contributed by atoms with Gasteiger partial charge in [-0.2, -0.15) is 0 Å². The maximum atomic E-state index is 5.78. The van der Waals surface area contributed by atoms with Crippen molar-refractivity contribution < 1.29 is 9.47 Å². The molecule has 0 fully saturated rings. The molecule has 4 aromatic heterocycles. The monoisotopic (exact) mass is 398 g/mol. The third-order valence-corrected chi connectivity index (χ3v) is 4.34. The number of aromatic nitrogens is 4. The van der Waals surface area contributed by atoms with Gasteiger partial charge in [-0.05, 0) is 49.2 Å². The second-order valence-electron chi connectivity index (χ2n) is 6.56. The van der Waals surface area contributed by atoms with Gasteiger partial charge < -0.3 is 9.47 Å². The number of hydrogen-bond donors (Lipinski definition) is 0. The van der Waals surface area contributed by atoms with Gasteiger partial charge in [-0.1, -0.05) is 24.3 Å². The summed E-state index contributed by atoms with van der Waals surface area (Å²) in [7, 11) is 0. The van der Waals surface area contributed by atoms with Crippen LogP contribution < -0.4 is 9.47 Å². The van der Waals surface area contributed by atoms with Gasteiger partial charge in [-0.3, -0.25) is 9.97 Å². The highest BCUT2D eigenvalue weighted by Crippen LogP contribution is 2.18. The van der Waals surface area contributed by atoms with Crippen LogP contribution in [0.2, 0.25) is 0 Å². The van der Waals surface area contributed by atoms with E-state index in [1.54, 1.807) is 12.4 Å². The molecule has 0 bridgehead atoms. The highest BCUT2D eigenvalue weighted by atomic mass is 16.5. The van der Waals surface area contributed by atoms with E-state index in [1.807, 2.05) is 72.8 Å². The Balaban J connectivity index is 1.21. The van der Waals surface area contributed by atoms with Crippen LogP contribution in [-0.2, 0) is 0 Å². The normalized spacial score (nSPS) is 10.5. The topological polar surface area (TPSA) is 70.0 Å². The molecule has 0 amide bonds. The summed E-state index contributed by atoms with van der Waals surface area (Å²) in [5, 5.41) is 0. The average Bonchev–Trinajstić information content (AvgIpc) is 2.83. The predicted molar refractivity (Wildman–Crippen MR) is 115 cm³/mol. The third kappa shape index (κ3) is 5.38. The lowest BCUT2D eigenvalue weighted by Gasteiger charge is -2.08. The van der Waals surface area contributed by atoms with Crippen LogP contribution in [0.5, 0.6) is 11.8 Å². The van der Waals surface area contributed by atoms with Crippen LogP contribution in [-0.4, -0.2) is 33.1 Å². The molecule has 0 unspecified atom stereocenters. The fourth-order valence-electron chi connectivity index (χ4n) is 2.86. The molecule has 0 aliphatic heterocycles. The maximum absolute atomic E-state index is 5.78. The molecular formula is C24H22N4O2. The van der Waals surface area contributed by atoms with Crippen molar-refractivity contribution in [1.29, 1.82) is 0 Å². The smallest absolute Gasteiger partial charge is 0.213 e. The fraction of sp³-hybridized carbons (Fsp3) is 0.167. The van der Waals surface area contributed by atoms with Crippen molar-refractivity contribution in [2.75, 3.05) is 13.2 Å². The molecule has 0 aromatic carbocycles. The Morgan fingerprint density at radius 3 is 1.40 bits per heavy atom. The Morgan fingerprint density at radius 1 is 0.500 bits per heavy atom. The average molecular weight is 398 g/mol. The summed E-state index contributed by atoms with van der Waals surface area (Å²) in [6.07, 6.45) is 5.22. The molecule has 4 heterocycles. The Bertz CT molecular complexity index is 972. The van der Waals surface area contributed by atoms with Crippen LogP contribution in [0.4, 0.5) is 0 Å². The van der Waals surface area contributed by atoms with E-state index in [2.05, 4.69) is 19.9 Å². The van der Waals surface area contributed by atoms with Gasteiger partial charge in [0, 0.05) is 24.5 Å². The molecule has 0 N–H and O–H groups in total. The van der Waals surface area contributed by atoms with Gasteiger partial charge in [0.1, 0.15) is 0 Å². The van der Waals surface area contributed by atoms with Crippen LogP contribution >= 0.6 is 0 Å². The number of hydrogen-bond acceptors (Lipinski definition) is 6. The van der Waals surface area contributed by atoms with Crippen LogP contribution in [0.15, 0.2) is 85.2 Å². The van der Waals surface area contributed by atoms with Crippen LogP contribution in [0, 0.1) is 0 Å². The van der Waals surface area contributed by atoms with Crippen LogP contribution in [0.1, 0.15) is 12.8 Å². The summed E-state index contributed by atoms with van der Waals surface area (Å²) in [5.74, 6) is 1.20. The molecule has 0 atom stereocenters. The number of ether oxygens (including phenoxy) is 2. The third-order valence-electron chi connectivity index (χ3n) is 4.34. The van der Waals surface area contributed by atoms with Crippen molar-refractivity contribution in [2.45, 2.75) is 12.8 Å².